The van der Waals surface area contributed by atoms with Crippen molar-refractivity contribution in [3.63, 3.8) is 0 Å². The summed E-state index contributed by atoms with van der Waals surface area (Å²) in [6.45, 7) is 1.94. The van der Waals surface area contributed by atoms with Crippen LogP contribution in [0.5, 0.6) is 11.5 Å². The van der Waals surface area contributed by atoms with Crippen molar-refractivity contribution in [3.8, 4) is 17.2 Å². The molecule has 1 aromatic heterocycles. The lowest BCUT2D eigenvalue weighted by molar-refractivity contribution is 0.0299. The molecule has 0 atom stereocenters. The van der Waals surface area contributed by atoms with Crippen molar-refractivity contribution in [3.05, 3.63) is 58.5 Å². The number of aromatic nitrogens is 2. The molecule has 1 aliphatic rings. The van der Waals surface area contributed by atoms with E-state index in [4.69, 9.17) is 14.2 Å². The van der Waals surface area contributed by atoms with Gasteiger partial charge in [0.2, 0.25) is 0 Å². The highest BCUT2D eigenvalue weighted by atomic mass is 16.5. The van der Waals surface area contributed by atoms with Gasteiger partial charge in [0.25, 0.3) is 11.5 Å². The minimum Gasteiger partial charge on any atom is -0.497 e. The van der Waals surface area contributed by atoms with Crippen LogP contribution in [0.15, 0.2) is 47.3 Å². The molecule has 150 valence electrons. The molecule has 0 radical (unpaired) electrons. The van der Waals surface area contributed by atoms with Gasteiger partial charge in [-0.1, -0.05) is 18.2 Å². The van der Waals surface area contributed by atoms with Crippen molar-refractivity contribution in [2.24, 2.45) is 0 Å². The molecule has 1 aliphatic heterocycles. The van der Waals surface area contributed by atoms with E-state index in [1.54, 1.807) is 54.5 Å². The lowest BCUT2D eigenvalue weighted by Gasteiger charge is -2.27. The van der Waals surface area contributed by atoms with E-state index < -0.39 is 0 Å². The molecular formula is C21H21N3O5. The van der Waals surface area contributed by atoms with Gasteiger partial charge in [-0.15, -0.1) is 0 Å². The van der Waals surface area contributed by atoms with E-state index in [1.165, 1.54) is 11.8 Å². The zero-order valence-corrected chi connectivity index (χ0v) is 16.3. The first-order valence-corrected chi connectivity index (χ1v) is 9.25. The van der Waals surface area contributed by atoms with Gasteiger partial charge in [0.1, 0.15) is 17.2 Å². The highest BCUT2D eigenvalue weighted by Gasteiger charge is 2.24. The Morgan fingerprint density at radius 2 is 1.76 bits per heavy atom. The van der Waals surface area contributed by atoms with Crippen LogP contribution >= 0.6 is 0 Å². The average Bonchev–Trinajstić information content (AvgIpc) is 2.79. The molecule has 29 heavy (non-hydrogen) atoms. The Morgan fingerprint density at radius 3 is 2.45 bits per heavy atom. The largest absolute Gasteiger partial charge is 0.497 e. The van der Waals surface area contributed by atoms with Crippen LogP contribution in [-0.4, -0.2) is 61.1 Å². The standard InChI is InChI=1S/C21H21N3O5/c1-27-14-7-8-17(18(13-14)28-2)24-20(25)16-6-4-3-5-15(16)19(22-24)21(26)23-9-11-29-12-10-23/h3-8,13H,9-12H2,1-2H3. The summed E-state index contributed by atoms with van der Waals surface area (Å²) in [6.07, 6.45) is 0. The van der Waals surface area contributed by atoms with Gasteiger partial charge < -0.3 is 19.1 Å². The number of amides is 1. The Kier molecular flexibility index (Phi) is 5.18. The van der Waals surface area contributed by atoms with Crippen LogP contribution in [0.1, 0.15) is 10.5 Å². The molecule has 1 fully saturated rings. The molecule has 2 aromatic carbocycles. The summed E-state index contributed by atoms with van der Waals surface area (Å²) in [4.78, 5) is 28.1. The Bertz CT molecular complexity index is 1120. The quantitative estimate of drug-likeness (QED) is 0.671. The minimum absolute atomic E-state index is 0.222. The van der Waals surface area contributed by atoms with Gasteiger partial charge >= 0.3 is 0 Å². The number of benzene rings is 2. The zero-order chi connectivity index (χ0) is 20.4. The maximum Gasteiger partial charge on any atom is 0.279 e. The van der Waals surface area contributed by atoms with Crippen LogP contribution in [0.2, 0.25) is 0 Å². The smallest absolute Gasteiger partial charge is 0.279 e. The summed E-state index contributed by atoms with van der Waals surface area (Å²) in [5.74, 6) is 0.772. The number of hydrogen-bond acceptors (Lipinski definition) is 6. The monoisotopic (exact) mass is 395 g/mol. The van der Waals surface area contributed by atoms with E-state index >= 15 is 0 Å². The molecule has 1 saturated heterocycles. The maximum atomic E-state index is 13.2. The molecule has 0 aliphatic carbocycles. The molecular weight excluding hydrogens is 374 g/mol. The number of nitrogens with zero attached hydrogens (tertiary/aromatic N) is 3. The van der Waals surface area contributed by atoms with E-state index in [0.717, 1.165) is 0 Å². The summed E-state index contributed by atoms with van der Waals surface area (Å²) in [7, 11) is 3.05. The van der Waals surface area contributed by atoms with Crippen LogP contribution in [0.25, 0.3) is 16.5 Å². The maximum absolute atomic E-state index is 13.2. The molecule has 0 unspecified atom stereocenters. The van der Waals surface area contributed by atoms with Gasteiger partial charge in [-0.05, 0) is 18.2 Å². The van der Waals surface area contributed by atoms with E-state index in [-0.39, 0.29) is 17.2 Å². The molecule has 8 heteroatoms. The fraction of sp³-hybridized carbons (Fsp3) is 0.286. The molecule has 3 aromatic rings. The van der Waals surface area contributed by atoms with Gasteiger partial charge in [0.15, 0.2) is 5.69 Å². The van der Waals surface area contributed by atoms with Crippen molar-refractivity contribution >= 4 is 16.7 Å². The molecule has 0 saturated carbocycles. The Balaban J connectivity index is 1.93. The number of carbonyl (C=O) groups excluding carboxylic acids is 1. The lowest BCUT2D eigenvalue weighted by Crippen LogP contribution is -2.41. The van der Waals surface area contributed by atoms with Crippen LogP contribution in [0, 0.1) is 0 Å². The summed E-state index contributed by atoms with van der Waals surface area (Å²) >= 11 is 0. The zero-order valence-electron chi connectivity index (χ0n) is 16.3. The van der Waals surface area contributed by atoms with Gasteiger partial charge in [-0.25, -0.2) is 0 Å². The first-order chi connectivity index (χ1) is 14.1. The molecule has 0 bridgehead atoms. The molecule has 4 rings (SSSR count). The van der Waals surface area contributed by atoms with Crippen molar-refractivity contribution in [1.82, 2.24) is 14.7 Å². The highest BCUT2D eigenvalue weighted by molar-refractivity contribution is 6.04. The second kappa shape index (κ2) is 7.92. The summed E-state index contributed by atoms with van der Waals surface area (Å²) < 4.78 is 17.2. The molecule has 2 heterocycles. The normalized spacial score (nSPS) is 14.1. The highest BCUT2D eigenvalue weighted by Crippen LogP contribution is 2.27. The van der Waals surface area contributed by atoms with Gasteiger partial charge in [0, 0.05) is 24.5 Å². The number of hydrogen-bond donors (Lipinski definition) is 0. The van der Waals surface area contributed by atoms with Crippen molar-refractivity contribution in [2.45, 2.75) is 0 Å². The topological polar surface area (TPSA) is 82.9 Å². The Morgan fingerprint density at radius 1 is 1.03 bits per heavy atom. The second-order valence-corrected chi connectivity index (χ2v) is 6.55. The molecule has 0 spiro atoms. The van der Waals surface area contributed by atoms with Crippen LogP contribution < -0.4 is 15.0 Å². The summed E-state index contributed by atoms with van der Waals surface area (Å²) in [6, 6.07) is 12.1. The van der Waals surface area contributed by atoms with Crippen LogP contribution in [0.3, 0.4) is 0 Å². The van der Waals surface area contributed by atoms with Gasteiger partial charge in [-0.3, -0.25) is 9.59 Å². The SMILES string of the molecule is COc1ccc(-n2nc(C(=O)N3CCOCC3)c3ccccc3c2=O)c(OC)c1. The third-order valence-corrected chi connectivity index (χ3v) is 4.92. The number of carbonyl (C=O) groups is 1. The first-order valence-electron chi connectivity index (χ1n) is 9.25. The third kappa shape index (κ3) is 3.42. The predicted molar refractivity (Wildman–Crippen MR) is 107 cm³/mol. The van der Waals surface area contributed by atoms with Crippen molar-refractivity contribution in [2.75, 3.05) is 40.5 Å². The van der Waals surface area contributed by atoms with E-state index in [2.05, 4.69) is 5.10 Å². The first kappa shape index (κ1) is 18.9. The van der Waals surface area contributed by atoms with Gasteiger partial charge in [0.05, 0.1) is 32.8 Å². The number of methoxy groups -OCH3 is 2. The third-order valence-electron chi connectivity index (χ3n) is 4.92. The second-order valence-electron chi connectivity index (χ2n) is 6.55. The van der Waals surface area contributed by atoms with Crippen molar-refractivity contribution < 1.29 is 19.0 Å². The molecule has 1 amide bonds. The Hall–Kier alpha value is -3.39. The lowest BCUT2D eigenvalue weighted by atomic mass is 10.1. The summed E-state index contributed by atoms with van der Waals surface area (Å²) in [5.41, 5.74) is 0.322. The van der Waals surface area contributed by atoms with Crippen LogP contribution in [-0.2, 0) is 4.74 Å². The Labute approximate surface area is 167 Å². The van der Waals surface area contributed by atoms with E-state index in [1.807, 2.05) is 0 Å². The minimum atomic E-state index is -0.331. The number of ether oxygens (including phenoxy) is 3. The van der Waals surface area contributed by atoms with Crippen molar-refractivity contribution in [1.29, 1.82) is 0 Å². The fourth-order valence-electron chi connectivity index (χ4n) is 3.39. The number of fused-ring (bicyclic) bond motifs is 1. The average molecular weight is 395 g/mol. The predicted octanol–water partition coefficient (Wildman–Crippen LogP) is 1.88. The fourth-order valence-corrected chi connectivity index (χ4v) is 3.39. The number of morpholine rings is 1. The number of rotatable bonds is 4. The molecule has 0 N–H and O–H groups in total. The molecule has 8 nitrogen and oxygen atoms in total. The summed E-state index contributed by atoms with van der Waals surface area (Å²) in [5, 5.41) is 5.40. The van der Waals surface area contributed by atoms with E-state index in [0.29, 0.717) is 54.3 Å². The van der Waals surface area contributed by atoms with E-state index in [9.17, 15) is 9.59 Å². The van der Waals surface area contributed by atoms with Gasteiger partial charge in [-0.2, -0.15) is 9.78 Å². The van der Waals surface area contributed by atoms with Crippen LogP contribution in [0.4, 0.5) is 0 Å².